The van der Waals surface area contributed by atoms with Crippen LogP contribution in [0.2, 0.25) is 5.02 Å². The summed E-state index contributed by atoms with van der Waals surface area (Å²) in [7, 11) is 0. The molecule has 32 heavy (non-hydrogen) atoms. The van der Waals surface area contributed by atoms with Gasteiger partial charge in [0.1, 0.15) is 5.75 Å². The molecular weight excluding hydrogens is 430 g/mol. The van der Waals surface area contributed by atoms with Crippen LogP contribution in [0.3, 0.4) is 0 Å². The van der Waals surface area contributed by atoms with Gasteiger partial charge in [0.05, 0.1) is 12.1 Å². The largest absolute Gasteiger partial charge is 0.484 e. The molecule has 2 saturated heterocycles. The van der Waals surface area contributed by atoms with Crippen molar-refractivity contribution in [2.75, 3.05) is 45.9 Å². The van der Waals surface area contributed by atoms with Crippen molar-refractivity contribution in [2.24, 2.45) is 5.92 Å². The summed E-state index contributed by atoms with van der Waals surface area (Å²) in [6, 6.07) is 6.89. The second-order valence-corrected chi connectivity index (χ2v) is 9.47. The summed E-state index contributed by atoms with van der Waals surface area (Å²) in [5, 5.41) is 3.80. The van der Waals surface area contributed by atoms with Crippen LogP contribution in [0.25, 0.3) is 0 Å². The molecule has 1 aromatic rings. The Labute approximate surface area is 195 Å². The van der Waals surface area contributed by atoms with Gasteiger partial charge in [0.15, 0.2) is 6.61 Å². The molecule has 1 aromatic carbocycles. The van der Waals surface area contributed by atoms with E-state index in [4.69, 9.17) is 21.1 Å². The minimum atomic E-state index is -0.110. The summed E-state index contributed by atoms with van der Waals surface area (Å²) >= 11 is 5.89. The lowest BCUT2D eigenvalue weighted by molar-refractivity contribution is -0.137. The predicted molar refractivity (Wildman–Crippen MR) is 123 cm³/mol. The van der Waals surface area contributed by atoms with Crippen molar-refractivity contribution >= 4 is 23.4 Å². The first kappa shape index (κ1) is 23.3. The Morgan fingerprint density at radius 1 is 1.06 bits per heavy atom. The number of nitrogens with zero attached hydrogens (tertiary/aromatic N) is 2. The van der Waals surface area contributed by atoms with Crippen LogP contribution < -0.4 is 10.1 Å². The Kier molecular flexibility index (Phi) is 8.27. The van der Waals surface area contributed by atoms with E-state index >= 15 is 0 Å². The van der Waals surface area contributed by atoms with E-state index in [9.17, 15) is 9.59 Å². The summed E-state index contributed by atoms with van der Waals surface area (Å²) in [6.07, 6.45) is 6.84. The van der Waals surface area contributed by atoms with E-state index in [0.717, 1.165) is 32.3 Å². The van der Waals surface area contributed by atoms with Crippen LogP contribution >= 0.6 is 11.6 Å². The van der Waals surface area contributed by atoms with E-state index < -0.39 is 0 Å². The Morgan fingerprint density at radius 3 is 2.44 bits per heavy atom. The molecule has 2 aliphatic heterocycles. The van der Waals surface area contributed by atoms with Gasteiger partial charge in [-0.25, -0.2) is 0 Å². The molecule has 4 rings (SSSR count). The number of nitrogens with one attached hydrogen (secondary N) is 1. The SMILES string of the molecule is O=C(NC[C@H]1CCCO1)[C@H](C1CCCC1)N1CCN(C(=O)COc2ccc(Cl)cc2)CC1. The summed E-state index contributed by atoms with van der Waals surface area (Å²) < 4.78 is 11.3. The standard InChI is InChI=1S/C24H34ClN3O4/c25-19-7-9-20(10-8-19)32-17-22(29)27-11-13-28(14-12-27)23(18-4-1-2-5-18)24(30)26-16-21-6-3-15-31-21/h7-10,18,21,23H,1-6,11-17H2,(H,26,30)/t21-,23+/m1/s1. The fourth-order valence-corrected chi connectivity index (χ4v) is 5.22. The van der Waals surface area contributed by atoms with Crippen LogP contribution in [-0.2, 0) is 14.3 Å². The molecule has 0 spiro atoms. The van der Waals surface area contributed by atoms with E-state index in [0.29, 0.717) is 49.4 Å². The molecular formula is C24H34ClN3O4. The first-order valence-electron chi connectivity index (χ1n) is 11.9. The molecule has 0 bridgehead atoms. The molecule has 8 heteroatoms. The molecule has 176 valence electrons. The number of piperazine rings is 1. The van der Waals surface area contributed by atoms with E-state index in [1.54, 1.807) is 24.3 Å². The summed E-state index contributed by atoms with van der Waals surface area (Å²) in [5.74, 6) is 1.12. The zero-order valence-electron chi connectivity index (χ0n) is 18.6. The minimum absolute atomic E-state index is 0.00948. The van der Waals surface area contributed by atoms with Gasteiger partial charge < -0.3 is 19.7 Å². The molecule has 2 amide bonds. The third kappa shape index (κ3) is 6.15. The summed E-state index contributed by atoms with van der Waals surface area (Å²) in [6.45, 7) is 4.06. The van der Waals surface area contributed by atoms with Crippen LogP contribution in [0, 0.1) is 5.92 Å². The van der Waals surface area contributed by atoms with Gasteiger partial charge in [-0.05, 0) is 55.9 Å². The van der Waals surface area contributed by atoms with Crippen LogP contribution in [0.1, 0.15) is 38.5 Å². The maximum Gasteiger partial charge on any atom is 0.260 e. The van der Waals surface area contributed by atoms with Crippen molar-refractivity contribution in [1.29, 1.82) is 0 Å². The lowest BCUT2D eigenvalue weighted by Gasteiger charge is -2.40. The molecule has 2 heterocycles. The Hall–Kier alpha value is -1.83. The number of halogens is 1. The second-order valence-electron chi connectivity index (χ2n) is 9.03. The molecule has 1 aliphatic carbocycles. The zero-order chi connectivity index (χ0) is 22.3. The monoisotopic (exact) mass is 463 g/mol. The molecule has 0 aromatic heterocycles. The highest BCUT2D eigenvalue weighted by molar-refractivity contribution is 6.30. The number of hydrogen-bond donors (Lipinski definition) is 1. The van der Waals surface area contributed by atoms with Gasteiger partial charge in [0.25, 0.3) is 5.91 Å². The highest BCUT2D eigenvalue weighted by atomic mass is 35.5. The predicted octanol–water partition coefficient (Wildman–Crippen LogP) is 2.72. The Balaban J connectivity index is 1.27. The van der Waals surface area contributed by atoms with E-state index in [1.807, 2.05) is 4.90 Å². The Bertz CT molecular complexity index is 755. The maximum atomic E-state index is 13.2. The second kappa shape index (κ2) is 11.3. The van der Waals surface area contributed by atoms with Gasteiger partial charge in [-0.1, -0.05) is 24.4 Å². The van der Waals surface area contributed by atoms with E-state index in [2.05, 4.69) is 10.2 Å². The number of ether oxygens (including phenoxy) is 2. The van der Waals surface area contributed by atoms with Gasteiger partial charge in [-0.2, -0.15) is 0 Å². The van der Waals surface area contributed by atoms with Crippen molar-refractivity contribution in [2.45, 2.75) is 50.7 Å². The van der Waals surface area contributed by atoms with Gasteiger partial charge in [0.2, 0.25) is 5.91 Å². The molecule has 3 aliphatic rings. The third-order valence-electron chi connectivity index (χ3n) is 6.88. The molecule has 1 saturated carbocycles. The minimum Gasteiger partial charge on any atom is -0.484 e. The lowest BCUT2D eigenvalue weighted by Crippen LogP contribution is -2.58. The van der Waals surface area contributed by atoms with Crippen LogP contribution in [-0.4, -0.2) is 79.7 Å². The maximum absolute atomic E-state index is 13.2. The van der Waals surface area contributed by atoms with Gasteiger partial charge in [-0.3, -0.25) is 14.5 Å². The van der Waals surface area contributed by atoms with Crippen LogP contribution in [0.15, 0.2) is 24.3 Å². The summed E-state index contributed by atoms with van der Waals surface area (Å²) in [4.78, 5) is 29.9. The normalized spacial score (nSPS) is 23.3. The molecule has 2 atom stereocenters. The Morgan fingerprint density at radius 2 is 1.78 bits per heavy atom. The van der Waals surface area contributed by atoms with E-state index in [1.165, 1.54) is 12.8 Å². The van der Waals surface area contributed by atoms with Gasteiger partial charge in [-0.15, -0.1) is 0 Å². The molecule has 1 N–H and O–H groups in total. The smallest absolute Gasteiger partial charge is 0.260 e. The zero-order valence-corrected chi connectivity index (χ0v) is 19.4. The topological polar surface area (TPSA) is 71.1 Å². The van der Waals surface area contributed by atoms with Gasteiger partial charge >= 0.3 is 0 Å². The third-order valence-corrected chi connectivity index (χ3v) is 7.13. The first-order valence-corrected chi connectivity index (χ1v) is 12.3. The number of carbonyl (C=O) groups excluding carboxylic acids is 2. The fourth-order valence-electron chi connectivity index (χ4n) is 5.09. The number of hydrogen-bond acceptors (Lipinski definition) is 5. The van der Waals surface area contributed by atoms with Crippen molar-refractivity contribution in [3.05, 3.63) is 29.3 Å². The molecule has 7 nitrogen and oxygen atoms in total. The van der Waals surface area contributed by atoms with Crippen molar-refractivity contribution < 1.29 is 19.1 Å². The number of rotatable bonds is 8. The van der Waals surface area contributed by atoms with Crippen molar-refractivity contribution in [3.8, 4) is 5.75 Å². The summed E-state index contributed by atoms with van der Waals surface area (Å²) in [5.41, 5.74) is 0. The van der Waals surface area contributed by atoms with Crippen LogP contribution in [0.4, 0.5) is 0 Å². The quantitative estimate of drug-likeness (QED) is 0.641. The number of amides is 2. The average Bonchev–Trinajstić information content (AvgIpc) is 3.52. The van der Waals surface area contributed by atoms with Gasteiger partial charge in [0, 0.05) is 44.4 Å². The van der Waals surface area contributed by atoms with Crippen LogP contribution in [0.5, 0.6) is 5.75 Å². The van der Waals surface area contributed by atoms with Crippen molar-refractivity contribution in [1.82, 2.24) is 15.1 Å². The number of carbonyl (C=O) groups is 2. The highest BCUT2D eigenvalue weighted by Crippen LogP contribution is 2.31. The fraction of sp³-hybridized carbons (Fsp3) is 0.667. The first-order chi connectivity index (χ1) is 15.6. The number of benzene rings is 1. The molecule has 0 radical (unpaired) electrons. The average molecular weight is 464 g/mol. The highest BCUT2D eigenvalue weighted by Gasteiger charge is 2.37. The van der Waals surface area contributed by atoms with Crippen molar-refractivity contribution in [3.63, 3.8) is 0 Å². The molecule has 0 unspecified atom stereocenters. The molecule has 3 fully saturated rings. The van der Waals surface area contributed by atoms with E-state index in [-0.39, 0.29) is 30.6 Å². The lowest BCUT2D eigenvalue weighted by atomic mass is 9.95.